The van der Waals surface area contributed by atoms with Crippen LogP contribution in [0.2, 0.25) is 18.1 Å². The van der Waals surface area contributed by atoms with Gasteiger partial charge in [-0.1, -0.05) is 20.8 Å². The summed E-state index contributed by atoms with van der Waals surface area (Å²) in [5.41, 5.74) is -0.0164. The zero-order valence-corrected chi connectivity index (χ0v) is 11.9. The summed E-state index contributed by atoms with van der Waals surface area (Å²) in [6.07, 6.45) is 1.46. The Morgan fingerprint density at radius 3 is 2.47 bits per heavy atom. The average Bonchev–Trinajstić information content (AvgIpc) is 2.15. The van der Waals surface area contributed by atoms with Gasteiger partial charge in [-0.25, -0.2) is 9.78 Å². The number of carboxylic acid groups (broad SMARTS) is 1. The van der Waals surface area contributed by atoms with Crippen molar-refractivity contribution < 1.29 is 14.3 Å². The highest BCUT2D eigenvalue weighted by Gasteiger charge is 2.39. The summed E-state index contributed by atoms with van der Waals surface area (Å²) in [7, 11) is -2.03. The molecule has 1 rings (SSSR count). The van der Waals surface area contributed by atoms with E-state index in [0.717, 1.165) is 0 Å². The third-order valence-electron chi connectivity index (χ3n) is 3.14. The molecule has 94 valence electrons. The predicted octanol–water partition coefficient (Wildman–Crippen LogP) is 3.16. The fourth-order valence-electron chi connectivity index (χ4n) is 1.06. The molecule has 0 aliphatic carbocycles. The third-order valence-corrected chi connectivity index (χ3v) is 7.49. The summed E-state index contributed by atoms with van der Waals surface area (Å²) in [6.45, 7) is 10.5. The Labute approximate surface area is 103 Å². The van der Waals surface area contributed by atoms with E-state index in [4.69, 9.17) is 9.53 Å². The SMILES string of the molecule is CC(C)(C)[Si](C)(C)Oc1cccnc1C(=O)O. The van der Waals surface area contributed by atoms with Gasteiger partial charge in [-0.2, -0.15) is 0 Å². The number of carbonyl (C=O) groups is 1. The average molecular weight is 253 g/mol. The van der Waals surface area contributed by atoms with Gasteiger partial charge in [0.1, 0.15) is 5.75 Å². The van der Waals surface area contributed by atoms with Gasteiger partial charge in [0.25, 0.3) is 8.32 Å². The summed E-state index contributed by atoms with van der Waals surface area (Å²) < 4.78 is 5.95. The first-order valence-electron chi connectivity index (χ1n) is 5.52. The van der Waals surface area contributed by atoms with Crippen molar-refractivity contribution in [2.24, 2.45) is 0 Å². The van der Waals surface area contributed by atoms with Gasteiger partial charge >= 0.3 is 5.97 Å². The smallest absolute Gasteiger partial charge is 0.358 e. The van der Waals surface area contributed by atoms with Crippen LogP contribution in [0, 0.1) is 0 Å². The molecule has 0 unspecified atom stereocenters. The van der Waals surface area contributed by atoms with E-state index in [2.05, 4.69) is 38.8 Å². The van der Waals surface area contributed by atoms with E-state index in [0.29, 0.717) is 5.75 Å². The van der Waals surface area contributed by atoms with Crippen molar-refractivity contribution in [3.8, 4) is 5.75 Å². The molecular weight excluding hydrogens is 234 g/mol. The summed E-state index contributed by atoms with van der Waals surface area (Å²) in [4.78, 5) is 14.9. The molecule has 5 heteroatoms. The molecule has 0 radical (unpaired) electrons. The minimum absolute atomic E-state index is 0.0164. The van der Waals surface area contributed by atoms with Crippen LogP contribution < -0.4 is 4.43 Å². The molecule has 1 N–H and O–H groups in total. The van der Waals surface area contributed by atoms with Gasteiger partial charge in [0.2, 0.25) is 0 Å². The number of pyridine rings is 1. The molecule has 1 heterocycles. The van der Waals surface area contributed by atoms with Gasteiger partial charge in [-0.3, -0.25) is 0 Å². The first kappa shape index (κ1) is 13.7. The van der Waals surface area contributed by atoms with Gasteiger partial charge in [-0.05, 0) is 30.3 Å². The fourth-order valence-corrected chi connectivity index (χ4v) is 2.08. The highest BCUT2D eigenvalue weighted by atomic mass is 28.4. The summed E-state index contributed by atoms with van der Waals surface area (Å²) in [6, 6.07) is 3.35. The molecule has 0 aliphatic rings. The van der Waals surface area contributed by atoms with Gasteiger partial charge in [0.15, 0.2) is 5.69 Å². The zero-order chi connectivity index (χ0) is 13.3. The highest BCUT2D eigenvalue weighted by Crippen LogP contribution is 2.37. The Morgan fingerprint density at radius 1 is 1.41 bits per heavy atom. The molecule has 17 heavy (non-hydrogen) atoms. The van der Waals surface area contributed by atoms with Crippen LogP contribution in [-0.4, -0.2) is 24.4 Å². The van der Waals surface area contributed by atoms with E-state index in [1.54, 1.807) is 12.1 Å². The summed E-state index contributed by atoms with van der Waals surface area (Å²) >= 11 is 0. The Hall–Kier alpha value is -1.36. The molecule has 0 saturated carbocycles. The number of aromatic carboxylic acids is 1. The first-order chi connectivity index (χ1) is 7.65. The molecule has 1 aromatic rings. The quantitative estimate of drug-likeness (QED) is 0.841. The Bertz CT molecular complexity index is 424. The number of aromatic nitrogens is 1. The number of hydrogen-bond donors (Lipinski definition) is 1. The molecule has 0 bridgehead atoms. The monoisotopic (exact) mass is 253 g/mol. The van der Waals surface area contributed by atoms with Gasteiger partial charge in [0, 0.05) is 6.20 Å². The molecule has 0 fully saturated rings. The molecule has 4 nitrogen and oxygen atoms in total. The van der Waals surface area contributed by atoms with Crippen molar-refractivity contribution >= 4 is 14.3 Å². The van der Waals surface area contributed by atoms with Crippen LogP contribution >= 0.6 is 0 Å². The highest BCUT2D eigenvalue weighted by molar-refractivity contribution is 6.74. The maximum atomic E-state index is 11.0. The van der Waals surface area contributed by atoms with Gasteiger partial charge in [-0.15, -0.1) is 0 Å². The second-order valence-electron chi connectivity index (χ2n) is 5.52. The number of carboxylic acids is 1. The van der Waals surface area contributed by atoms with E-state index < -0.39 is 14.3 Å². The molecule has 0 aromatic carbocycles. The fraction of sp³-hybridized carbons (Fsp3) is 0.500. The molecule has 0 saturated heterocycles. The lowest BCUT2D eigenvalue weighted by Crippen LogP contribution is -2.44. The van der Waals surface area contributed by atoms with Crippen molar-refractivity contribution in [3.05, 3.63) is 24.0 Å². The van der Waals surface area contributed by atoms with Crippen LogP contribution in [-0.2, 0) is 0 Å². The van der Waals surface area contributed by atoms with Crippen LogP contribution in [0.15, 0.2) is 18.3 Å². The second-order valence-corrected chi connectivity index (χ2v) is 10.2. The molecule has 0 aliphatic heterocycles. The molecular formula is C12H19NO3Si. The Balaban J connectivity index is 3.08. The third kappa shape index (κ3) is 3.06. The Kier molecular flexibility index (Phi) is 3.61. The summed E-state index contributed by atoms with van der Waals surface area (Å²) in [5, 5.41) is 9.06. The van der Waals surface area contributed by atoms with E-state index in [1.807, 2.05) is 0 Å². The normalized spacial score (nSPS) is 12.3. The number of rotatable bonds is 3. The van der Waals surface area contributed by atoms with Gasteiger partial charge in [0.05, 0.1) is 0 Å². The molecule has 1 aromatic heterocycles. The van der Waals surface area contributed by atoms with Crippen molar-refractivity contribution in [1.29, 1.82) is 0 Å². The van der Waals surface area contributed by atoms with Crippen molar-refractivity contribution in [3.63, 3.8) is 0 Å². The van der Waals surface area contributed by atoms with E-state index >= 15 is 0 Å². The van der Waals surface area contributed by atoms with Crippen molar-refractivity contribution in [2.45, 2.75) is 38.9 Å². The van der Waals surface area contributed by atoms with Crippen LogP contribution in [0.1, 0.15) is 31.3 Å². The van der Waals surface area contributed by atoms with Crippen LogP contribution in [0.3, 0.4) is 0 Å². The minimum atomic E-state index is -2.03. The Morgan fingerprint density at radius 2 is 2.00 bits per heavy atom. The second kappa shape index (κ2) is 4.48. The lowest BCUT2D eigenvalue weighted by Gasteiger charge is -2.36. The van der Waals surface area contributed by atoms with Crippen molar-refractivity contribution in [1.82, 2.24) is 4.98 Å². The summed E-state index contributed by atoms with van der Waals surface area (Å²) in [5.74, 6) is -0.689. The molecule has 0 amide bonds. The lowest BCUT2D eigenvalue weighted by molar-refractivity contribution is 0.0688. The van der Waals surface area contributed by atoms with Crippen molar-refractivity contribution in [2.75, 3.05) is 0 Å². The van der Waals surface area contributed by atoms with Gasteiger partial charge < -0.3 is 9.53 Å². The lowest BCUT2D eigenvalue weighted by atomic mass is 10.2. The maximum Gasteiger partial charge on any atom is 0.358 e. The van der Waals surface area contributed by atoms with E-state index in [1.165, 1.54) is 6.20 Å². The number of hydrogen-bond acceptors (Lipinski definition) is 3. The van der Waals surface area contributed by atoms with Crippen LogP contribution in [0.5, 0.6) is 5.75 Å². The van der Waals surface area contributed by atoms with E-state index in [9.17, 15) is 4.79 Å². The molecule has 0 atom stereocenters. The predicted molar refractivity (Wildman–Crippen MR) is 69.0 cm³/mol. The van der Waals surface area contributed by atoms with E-state index in [-0.39, 0.29) is 10.7 Å². The molecule has 0 spiro atoms. The standard InChI is InChI=1S/C12H19NO3Si/c1-12(2,3)17(4,5)16-9-7-6-8-13-10(9)11(14)15/h6-8H,1-5H3,(H,14,15). The van der Waals surface area contributed by atoms with Crippen LogP contribution in [0.25, 0.3) is 0 Å². The maximum absolute atomic E-state index is 11.0. The largest absolute Gasteiger partial charge is 0.542 e. The first-order valence-corrected chi connectivity index (χ1v) is 8.43. The van der Waals surface area contributed by atoms with Crippen LogP contribution in [0.4, 0.5) is 0 Å². The number of nitrogens with zero attached hydrogens (tertiary/aromatic N) is 1. The minimum Gasteiger partial charge on any atom is -0.542 e. The zero-order valence-electron chi connectivity index (χ0n) is 10.9. The topological polar surface area (TPSA) is 59.4 Å².